The predicted molar refractivity (Wildman–Crippen MR) is 109 cm³/mol. The summed E-state index contributed by atoms with van der Waals surface area (Å²) in [6, 6.07) is 9.69. The zero-order valence-corrected chi connectivity index (χ0v) is 16.2. The number of nitrogens with zero attached hydrogens (tertiary/aromatic N) is 4. The van der Waals surface area contributed by atoms with Crippen molar-refractivity contribution in [2.75, 3.05) is 51.6 Å². The number of anilines is 1. The number of nitro benzene ring substituents is 1. The Morgan fingerprint density at radius 3 is 2.41 bits per heavy atom. The van der Waals surface area contributed by atoms with Crippen LogP contribution < -0.4 is 10.6 Å². The number of piperazine rings is 1. The number of nitro groups is 1. The molecule has 1 saturated heterocycles. The Labute approximate surface area is 168 Å². The second kappa shape index (κ2) is 9.58. The van der Waals surface area contributed by atoms with Crippen LogP contribution in [0.25, 0.3) is 0 Å². The lowest BCUT2D eigenvalue weighted by Gasteiger charge is -2.36. The molecule has 1 amide bonds. The number of guanidine groups is 1. The third kappa shape index (κ3) is 5.24. The number of hydrogen-bond acceptors (Lipinski definition) is 6. The van der Waals surface area contributed by atoms with Crippen LogP contribution in [0, 0.1) is 10.1 Å². The van der Waals surface area contributed by atoms with E-state index in [4.69, 9.17) is 4.42 Å². The van der Waals surface area contributed by atoms with Crippen molar-refractivity contribution in [3.8, 4) is 0 Å². The average Bonchev–Trinajstić information content (AvgIpc) is 3.29. The molecule has 1 fully saturated rings. The van der Waals surface area contributed by atoms with Gasteiger partial charge in [0.15, 0.2) is 11.7 Å². The molecule has 154 valence electrons. The number of non-ortho nitro benzene ring substituents is 1. The van der Waals surface area contributed by atoms with Gasteiger partial charge in [-0.2, -0.15) is 0 Å². The van der Waals surface area contributed by atoms with Crippen molar-refractivity contribution in [1.29, 1.82) is 0 Å². The molecule has 0 unspecified atom stereocenters. The van der Waals surface area contributed by atoms with Crippen LogP contribution in [0.2, 0.25) is 0 Å². The summed E-state index contributed by atoms with van der Waals surface area (Å²) in [6.45, 7) is 3.83. The van der Waals surface area contributed by atoms with Gasteiger partial charge in [0.05, 0.1) is 11.2 Å². The molecular weight excluding hydrogens is 376 g/mol. The fraction of sp³-hybridized carbons (Fsp3) is 0.368. The lowest BCUT2D eigenvalue weighted by Crippen LogP contribution is -2.54. The highest BCUT2D eigenvalue weighted by Crippen LogP contribution is 2.15. The van der Waals surface area contributed by atoms with Gasteiger partial charge in [0.2, 0.25) is 0 Å². The Morgan fingerprint density at radius 2 is 1.83 bits per heavy atom. The van der Waals surface area contributed by atoms with Crippen molar-refractivity contribution in [3.05, 3.63) is 58.5 Å². The molecule has 0 bridgehead atoms. The highest BCUT2D eigenvalue weighted by molar-refractivity contribution is 5.91. The minimum Gasteiger partial charge on any atom is -0.459 e. The molecule has 2 aromatic rings. The van der Waals surface area contributed by atoms with Gasteiger partial charge in [-0.05, 0) is 24.3 Å². The van der Waals surface area contributed by atoms with E-state index in [0.717, 1.165) is 11.6 Å². The van der Waals surface area contributed by atoms with Gasteiger partial charge in [-0.3, -0.25) is 19.9 Å². The highest BCUT2D eigenvalue weighted by atomic mass is 16.6. The van der Waals surface area contributed by atoms with E-state index in [-0.39, 0.29) is 11.6 Å². The number of furan rings is 1. The smallest absolute Gasteiger partial charge is 0.289 e. The van der Waals surface area contributed by atoms with E-state index in [2.05, 4.69) is 20.5 Å². The fourth-order valence-corrected chi connectivity index (χ4v) is 3.09. The van der Waals surface area contributed by atoms with E-state index in [9.17, 15) is 14.9 Å². The molecule has 1 aliphatic heterocycles. The number of benzene rings is 1. The number of hydrogen-bond donors (Lipinski definition) is 2. The summed E-state index contributed by atoms with van der Waals surface area (Å²) < 4.78 is 5.18. The fourth-order valence-electron chi connectivity index (χ4n) is 3.09. The van der Waals surface area contributed by atoms with Gasteiger partial charge in [0, 0.05) is 64.1 Å². The largest absolute Gasteiger partial charge is 0.459 e. The van der Waals surface area contributed by atoms with E-state index in [1.165, 1.54) is 18.4 Å². The predicted octanol–water partition coefficient (Wildman–Crippen LogP) is 1.63. The summed E-state index contributed by atoms with van der Waals surface area (Å²) in [4.78, 5) is 30.8. The van der Waals surface area contributed by atoms with Gasteiger partial charge in [-0.1, -0.05) is 0 Å². The standard InChI is InChI=1S/C19H24N6O4/c1-20-19(22-9-8-21-15-4-6-16(7-5-15)25(27)28)24-12-10-23(11-13-24)18(26)17-3-2-14-29-17/h2-7,14,21H,8-13H2,1H3,(H,20,22). The van der Waals surface area contributed by atoms with Crippen molar-refractivity contribution in [3.63, 3.8) is 0 Å². The first kappa shape index (κ1) is 20.2. The monoisotopic (exact) mass is 400 g/mol. The zero-order chi connectivity index (χ0) is 20.6. The van der Waals surface area contributed by atoms with Gasteiger partial charge in [0.25, 0.3) is 11.6 Å². The number of carbonyl (C=O) groups excluding carboxylic acids is 1. The highest BCUT2D eigenvalue weighted by Gasteiger charge is 2.24. The molecule has 3 rings (SSSR count). The molecule has 1 aromatic carbocycles. The molecule has 0 aliphatic carbocycles. The molecule has 10 nitrogen and oxygen atoms in total. The van der Waals surface area contributed by atoms with Crippen molar-refractivity contribution in [2.45, 2.75) is 0 Å². The van der Waals surface area contributed by atoms with E-state index in [1.807, 2.05) is 0 Å². The number of aliphatic imine (C=N–C) groups is 1. The Morgan fingerprint density at radius 1 is 1.14 bits per heavy atom. The zero-order valence-electron chi connectivity index (χ0n) is 16.2. The minimum absolute atomic E-state index is 0.0683. The lowest BCUT2D eigenvalue weighted by molar-refractivity contribution is -0.384. The third-order valence-corrected chi connectivity index (χ3v) is 4.63. The Bertz CT molecular complexity index is 842. The molecule has 1 aliphatic rings. The van der Waals surface area contributed by atoms with Crippen LogP contribution in [-0.4, -0.2) is 72.9 Å². The molecule has 2 heterocycles. The number of carbonyl (C=O) groups is 1. The molecule has 1 aromatic heterocycles. The van der Waals surface area contributed by atoms with E-state index < -0.39 is 4.92 Å². The average molecular weight is 400 g/mol. The van der Waals surface area contributed by atoms with Crippen molar-refractivity contribution >= 4 is 23.2 Å². The van der Waals surface area contributed by atoms with Crippen LogP contribution in [-0.2, 0) is 0 Å². The Balaban J connectivity index is 1.40. The molecule has 0 radical (unpaired) electrons. The molecule has 0 atom stereocenters. The third-order valence-electron chi connectivity index (χ3n) is 4.63. The molecule has 10 heteroatoms. The van der Waals surface area contributed by atoms with Crippen molar-refractivity contribution in [2.24, 2.45) is 4.99 Å². The molecule has 29 heavy (non-hydrogen) atoms. The first-order chi connectivity index (χ1) is 14.1. The van der Waals surface area contributed by atoms with Crippen LogP contribution in [0.1, 0.15) is 10.6 Å². The van der Waals surface area contributed by atoms with Crippen LogP contribution in [0.15, 0.2) is 52.1 Å². The topological polar surface area (TPSA) is 116 Å². The molecule has 0 saturated carbocycles. The van der Waals surface area contributed by atoms with Crippen LogP contribution in [0.5, 0.6) is 0 Å². The van der Waals surface area contributed by atoms with Crippen molar-refractivity contribution in [1.82, 2.24) is 15.1 Å². The maximum absolute atomic E-state index is 12.3. The lowest BCUT2D eigenvalue weighted by atomic mass is 10.3. The van der Waals surface area contributed by atoms with Crippen LogP contribution >= 0.6 is 0 Å². The van der Waals surface area contributed by atoms with E-state index >= 15 is 0 Å². The van der Waals surface area contributed by atoms with Gasteiger partial charge in [-0.25, -0.2) is 0 Å². The summed E-state index contributed by atoms with van der Waals surface area (Å²) in [7, 11) is 1.73. The molecule has 0 spiro atoms. The van der Waals surface area contributed by atoms with Gasteiger partial charge in [-0.15, -0.1) is 0 Å². The maximum Gasteiger partial charge on any atom is 0.289 e. The number of nitrogens with one attached hydrogen (secondary N) is 2. The molecular formula is C19H24N6O4. The quantitative estimate of drug-likeness (QED) is 0.249. The summed E-state index contributed by atoms with van der Waals surface area (Å²) in [5.41, 5.74) is 0.885. The summed E-state index contributed by atoms with van der Waals surface area (Å²) in [5.74, 6) is 1.05. The molecule has 2 N–H and O–H groups in total. The van der Waals surface area contributed by atoms with Crippen LogP contribution in [0.4, 0.5) is 11.4 Å². The summed E-state index contributed by atoms with van der Waals surface area (Å²) in [6.07, 6.45) is 1.50. The van der Waals surface area contributed by atoms with Gasteiger partial charge < -0.3 is 24.9 Å². The SMILES string of the molecule is CN=C(NCCNc1ccc([N+](=O)[O-])cc1)N1CCN(C(=O)c2ccco2)CC1. The number of amides is 1. The van der Waals surface area contributed by atoms with E-state index in [0.29, 0.717) is 45.0 Å². The second-order valence-corrected chi connectivity index (χ2v) is 6.46. The normalized spacial score (nSPS) is 14.6. The Kier molecular flexibility index (Phi) is 6.67. The van der Waals surface area contributed by atoms with Crippen LogP contribution in [0.3, 0.4) is 0 Å². The second-order valence-electron chi connectivity index (χ2n) is 6.46. The van der Waals surface area contributed by atoms with E-state index in [1.54, 1.807) is 36.2 Å². The first-order valence-electron chi connectivity index (χ1n) is 9.35. The first-order valence-corrected chi connectivity index (χ1v) is 9.35. The summed E-state index contributed by atoms with van der Waals surface area (Å²) >= 11 is 0. The number of rotatable bonds is 6. The Hall–Kier alpha value is -3.56. The van der Waals surface area contributed by atoms with Gasteiger partial charge >= 0.3 is 0 Å². The minimum atomic E-state index is -0.419. The summed E-state index contributed by atoms with van der Waals surface area (Å²) in [5, 5.41) is 17.2. The maximum atomic E-state index is 12.3. The van der Waals surface area contributed by atoms with Crippen molar-refractivity contribution < 1.29 is 14.1 Å². The van der Waals surface area contributed by atoms with Gasteiger partial charge in [0.1, 0.15) is 0 Å².